The van der Waals surface area contributed by atoms with Crippen LogP contribution in [0.15, 0.2) is 72.9 Å². The van der Waals surface area contributed by atoms with Gasteiger partial charge in [0.1, 0.15) is 5.75 Å². The lowest BCUT2D eigenvalue weighted by Gasteiger charge is -2.28. The molecular formula is C29H30N4OS. The zero-order valence-electron chi connectivity index (χ0n) is 20.7. The van der Waals surface area contributed by atoms with E-state index in [4.69, 9.17) is 21.9 Å². The molecule has 0 bridgehead atoms. The van der Waals surface area contributed by atoms with Crippen molar-refractivity contribution < 1.29 is 4.74 Å². The van der Waals surface area contributed by atoms with Crippen molar-refractivity contribution in [2.75, 3.05) is 12.0 Å². The predicted molar refractivity (Wildman–Crippen MR) is 146 cm³/mol. The van der Waals surface area contributed by atoms with Gasteiger partial charge in [-0.2, -0.15) is 0 Å². The van der Waals surface area contributed by atoms with Gasteiger partial charge in [-0.05, 0) is 93.0 Å². The van der Waals surface area contributed by atoms with Gasteiger partial charge < -0.3 is 19.5 Å². The molecule has 1 aliphatic rings. The van der Waals surface area contributed by atoms with Crippen molar-refractivity contribution in [3.63, 3.8) is 0 Å². The van der Waals surface area contributed by atoms with Gasteiger partial charge in [0.2, 0.25) is 0 Å². The number of anilines is 1. The number of nitrogens with zero attached hydrogens (tertiary/aromatic N) is 3. The molecule has 3 heterocycles. The van der Waals surface area contributed by atoms with Crippen molar-refractivity contribution in [2.24, 2.45) is 0 Å². The molecule has 4 aromatic rings. The number of pyridine rings is 1. The van der Waals surface area contributed by atoms with Gasteiger partial charge in [-0.25, -0.2) is 0 Å². The molecular weight excluding hydrogens is 452 g/mol. The maximum Gasteiger partial charge on any atom is 0.174 e. The van der Waals surface area contributed by atoms with Crippen LogP contribution in [0.3, 0.4) is 0 Å². The monoisotopic (exact) mass is 482 g/mol. The van der Waals surface area contributed by atoms with Crippen LogP contribution in [0.2, 0.25) is 0 Å². The molecule has 2 aromatic carbocycles. The van der Waals surface area contributed by atoms with Gasteiger partial charge in [0.15, 0.2) is 5.11 Å². The fraction of sp³-hybridized carbons (Fsp3) is 0.241. The molecule has 5 rings (SSSR count). The fourth-order valence-electron chi connectivity index (χ4n) is 5.13. The molecule has 35 heavy (non-hydrogen) atoms. The average molecular weight is 483 g/mol. The second kappa shape index (κ2) is 9.19. The molecule has 5 nitrogen and oxygen atoms in total. The van der Waals surface area contributed by atoms with E-state index < -0.39 is 0 Å². The summed E-state index contributed by atoms with van der Waals surface area (Å²) in [5.41, 5.74) is 9.25. The second-order valence-electron chi connectivity index (χ2n) is 9.15. The number of rotatable bonds is 5. The summed E-state index contributed by atoms with van der Waals surface area (Å²) in [4.78, 5) is 6.90. The lowest BCUT2D eigenvalue weighted by atomic mass is 9.96. The van der Waals surface area contributed by atoms with Gasteiger partial charge in [-0.15, -0.1) is 0 Å². The van der Waals surface area contributed by atoms with E-state index in [1.807, 2.05) is 36.5 Å². The molecule has 0 radical (unpaired) electrons. The third-order valence-electron chi connectivity index (χ3n) is 6.82. The highest BCUT2D eigenvalue weighted by Crippen LogP contribution is 2.44. The van der Waals surface area contributed by atoms with Gasteiger partial charge in [-0.1, -0.05) is 24.3 Å². The summed E-state index contributed by atoms with van der Waals surface area (Å²) in [6.07, 6.45) is 1.84. The van der Waals surface area contributed by atoms with Crippen LogP contribution < -0.4 is 15.0 Å². The van der Waals surface area contributed by atoms with Crippen LogP contribution in [0.5, 0.6) is 5.75 Å². The molecule has 0 amide bonds. The van der Waals surface area contributed by atoms with Crippen molar-refractivity contribution in [1.29, 1.82) is 0 Å². The minimum absolute atomic E-state index is 0.0745. The molecule has 1 saturated heterocycles. The number of methoxy groups -OCH3 is 1. The van der Waals surface area contributed by atoms with Crippen molar-refractivity contribution in [1.82, 2.24) is 14.9 Å². The topological polar surface area (TPSA) is 42.3 Å². The lowest BCUT2D eigenvalue weighted by Crippen LogP contribution is -2.29. The Labute approximate surface area is 212 Å². The highest BCUT2D eigenvalue weighted by Gasteiger charge is 2.42. The Morgan fingerprint density at radius 2 is 1.77 bits per heavy atom. The van der Waals surface area contributed by atoms with Crippen molar-refractivity contribution in [3.8, 4) is 11.4 Å². The van der Waals surface area contributed by atoms with Crippen LogP contribution in [0, 0.1) is 27.7 Å². The van der Waals surface area contributed by atoms with Crippen LogP contribution in [-0.2, 0) is 0 Å². The summed E-state index contributed by atoms with van der Waals surface area (Å²) in [5.74, 6) is 0.797. The van der Waals surface area contributed by atoms with Crippen LogP contribution >= 0.6 is 12.2 Å². The molecule has 178 valence electrons. The third-order valence-corrected chi connectivity index (χ3v) is 7.14. The standard InChI is InChI=1S/C29H30N4OS/c1-18-12-13-19(2)26(15-18)32-20(3)16-24(21(32)4)28-27(25-11-6-7-14-30-25)31-29(35)33(28)22-9-8-10-23(17-22)34-5/h6-17,27-28H,1-5H3,(H,31,35)/t27-,28-/m1/s1. The Hall–Kier alpha value is -3.64. The van der Waals surface area contributed by atoms with E-state index in [9.17, 15) is 0 Å². The molecule has 2 aromatic heterocycles. The first-order valence-corrected chi connectivity index (χ1v) is 12.2. The van der Waals surface area contributed by atoms with Gasteiger partial charge in [0.05, 0.1) is 24.9 Å². The molecule has 0 saturated carbocycles. The maximum atomic E-state index is 5.91. The first-order chi connectivity index (χ1) is 16.9. The smallest absolute Gasteiger partial charge is 0.174 e. The van der Waals surface area contributed by atoms with E-state index in [2.05, 4.69) is 78.9 Å². The Bertz CT molecular complexity index is 1400. The maximum absolute atomic E-state index is 5.91. The van der Waals surface area contributed by atoms with E-state index in [0.29, 0.717) is 5.11 Å². The van der Waals surface area contributed by atoms with E-state index in [0.717, 1.165) is 17.1 Å². The highest BCUT2D eigenvalue weighted by molar-refractivity contribution is 7.80. The van der Waals surface area contributed by atoms with E-state index in [1.165, 1.54) is 33.8 Å². The molecule has 1 fully saturated rings. The molecule has 6 heteroatoms. The normalized spacial score (nSPS) is 17.5. The summed E-state index contributed by atoms with van der Waals surface area (Å²) in [5, 5.41) is 4.24. The lowest BCUT2D eigenvalue weighted by molar-refractivity contribution is 0.415. The first-order valence-electron chi connectivity index (χ1n) is 11.8. The summed E-state index contributed by atoms with van der Waals surface area (Å²) < 4.78 is 7.88. The number of benzene rings is 2. The Morgan fingerprint density at radius 3 is 2.51 bits per heavy atom. The van der Waals surface area contributed by atoms with E-state index in [-0.39, 0.29) is 12.1 Å². The second-order valence-corrected chi connectivity index (χ2v) is 9.54. The molecule has 2 atom stereocenters. The predicted octanol–water partition coefficient (Wildman–Crippen LogP) is 6.29. The van der Waals surface area contributed by atoms with E-state index in [1.54, 1.807) is 7.11 Å². The number of nitrogens with one attached hydrogen (secondary N) is 1. The number of hydrogen-bond acceptors (Lipinski definition) is 3. The van der Waals surface area contributed by atoms with Gasteiger partial charge in [-0.3, -0.25) is 4.98 Å². The van der Waals surface area contributed by atoms with Crippen molar-refractivity contribution in [2.45, 2.75) is 39.8 Å². The quantitative estimate of drug-likeness (QED) is 0.339. The number of aromatic nitrogens is 2. The van der Waals surface area contributed by atoms with Crippen molar-refractivity contribution >= 4 is 23.0 Å². The highest BCUT2D eigenvalue weighted by atomic mass is 32.1. The van der Waals surface area contributed by atoms with Gasteiger partial charge in [0.25, 0.3) is 0 Å². The Balaban J connectivity index is 1.70. The minimum Gasteiger partial charge on any atom is -0.497 e. The first kappa shape index (κ1) is 23.1. The SMILES string of the molecule is COc1cccc(N2C(=S)N[C@H](c3ccccn3)[C@H]2c2cc(C)n(-c3cc(C)ccc3C)c2C)c1. The summed E-state index contributed by atoms with van der Waals surface area (Å²) in [6.45, 7) is 8.67. The molecule has 0 spiro atoms. The summed E-state index contributed by atoms with van der Waals surface area (Å²) in [6, 6.07) is 22.8. The van der Waals surface area contributed by atoms with Crippen LogP contribution in [0.25, 0.3) is 5.69 Å². The number of ether oxygens (including phenoxy) is 1. The third kappa shape index (κ3) is 4.08. The van der Waals surface area contributed by atoms with E-state index >= 15 is 0 Å². The Morgan fingerprint density at radius 1 is 0.943 bits per heavy atom. The minimum atomic E-state index is -0.0949. The van der Waals surface area contributed by atoms with Crippen LogP contribution in [0.1, 0.15) is 45.9 Å². The summed E-state index contributed by atoms with van der Waals surface area (Å²) in [7, 11) is 1.69. The van der Waals surface area contributed by atoms with Crippen LogP contribution in [0.4, 0.5) is 5.69 Å². The molecule has 0 aliphatic carbocycles. The molecule has 1 N–H and O–H groups in total. The summed E-state index contributed by atoms with van der Waals surface area (Å²) >= 11 is 5.91. The molecule has 1 aliphatic heterocycles. The zero-order chi connectivity index (χ0) is 24.7. The van der Waals surface area contributed by atoms with Gasteiger partial charge in [0, 0.05) is 35.0 Å². The zero-order valence-corrected chi connectivity index (χ0v) is 21.6. The number of hydrogen-bond donors (Lipinski definition) is 1. The fourth-order valence-corrected chi connectivity index (χ4v) is 5.47. The van der Waals surface area contributed by atoms with Gasteiger partial charge >= 0.3 is 0 Å². The van der Waals surface area contributed by atoms with Crippen LogP contribution in [-0.4, -0.2) is 21.8 Å². The Kier molecular flexibility index (Phi) is 6.07. The average Bonchev–Trinajstić information content (AvgIpc) is 3.36. The largest absolute Gasteiger partial charge is 0.497 e. The molecule has 0 unspecified atom stereocenters. The van der Waals surface area contributed by atoms with Crippen molar-refractivity contribution in [3.05, 3.63) is 107 Å². The number of thiocarbonyl (C=S) groups is 1. The number of aryl methyl sites for hydroxylation is 3.